The molecule has 98 valence electrons. The van der Waals surface area contributed by atoms with Crippen LogP contribution in [0.4, 0.5) is 0 Å². The molecule has 2 aliphatic rings. The minimum Gasteiger partial charge on any atom is -0.392 e. The lowest BCUT2D eigenvalue weighted by Gasteiger charge is -2.34. The van der Waals surface area contributed by atoms with E-state index in [9.17, 15) is 5.11 Å². The molecule has 0 aliphatic heterocycles. The lowest BCUT2D eigenvalue weighted by Crippen LogP contribution is -2.29. The predicted molar refractivity (Wildman–Crippen MR) is 74.7 cm³/mol. The Hall–Kier alpha value is -0.820. The van der Waals surface area contributed by atoms with E-state index in [1.807, 2.05) is 0 Å². The highest BCUT2D eigenvalue weighted by Gasteiger charge is 2.31. The van der Waals surface area contributed by atoms with Crippen LogP contribution in [0.25, 0.3) is 0 Å². The molecule has 3 rings (SSSR count). The number of hydrogen-bond acceptors (Lipinski definition) is 1. The van der Waals surface area contributed by atoms with E-state index in [-0.39, 0.29) is 6.10 Å². The Morgan fingerprint density at radius 3 is 2.67 bits per heavy atom. The third-order valence-electron chi connectivity index (χ3n) is 4.95. The molecule has 1 aromatic rings. The molecule has 1 nitrogen and oxygen atoms in total. The van der Waals surface area contributed by atoms with Gasteiger partial charge < -0.3 is 5.11 Å². The maximum Gasteiger partial charge on any atom is 0.0612 e. The van der Waals surface area contributed by atoms with Crippen molar-refractivity contribution in [2.75, 3.05) is 0 Å². The molecule has 0 radical (unpaired) electrons. The molecule has 1 fully saturated rings. The summed E-state index contributed by atoms with van der Waals surface area (Å²) in [5.41, 5.74) is 2.84. The lowest BCUT2D eigenvalue weighted by atomic mass is 9.73. The molecule has 0 saturated heterocycles. The molecular formula is C17H24O. The summed E-state index contributed by atoms with van der Waals surface area (Å²) in [6.07, 6.45) is 10.3. The number of hydrogen-bond donors (Lipinski definition) is 1. The van der Waals surface area contributed by atoms with E-state index in [0.717, 1.165) is 18.8 Å². The van der Waals surface area contributed by atoms with Gasteiger partial charge in [0.25, 0.3) is 0 Å². The van der Waals surface area contributed by atoms with Crippen LogP contribution in [-0.2, 0) is 6.42 Å². The third kappa shape index (κ3) is 2.47. The first-order valence-corrected chi connectivity index (χ1v) is 7.60. The molecule has 1 saturated carbocycles. The minimum absolute atomic E-state index is 0.109. The lowest BCUT2D eigenvalue weighted by molar-refractivity contribution is 0.112. The van der Waals surface area contributed by atoms with Crippen molar-refractivity contribution in [1.82, 2.24) is 0 Å². The molecule has 18 heavy (non-hydrogen) atoms. The third-order valence-corrected chi connectivity index (χ3v) is 4.95. The highest BCUT2D eigenvalue weighted by molar-refractivity contribution is 5.40. The first-order chi connectivity index (χ1) is 8.84. The van der Waals surface area contributed by atoms with Crippen LogP contribution >= 0.6 is 0 Å². The van der Waals surface area contributed by atoms with Gasteiger partial charge in [-0.25, -0.2) is 0 Å². The van der Waals surface area contributed by atoms with Crippen molar-refractivity contribution in [1.29, 1.82) is 0 Å². The standard InChI is InChI=1S/C17H24O/c18-17(11-10-13-6-2-1-3-7-13)16-12-14-8-4-5-9-15(14)16/h4-5,8-9,13,16-18H,1-3,6-7,10-12H2. The van der Waals surface area contributed by atoms with Gasteiger partial charge >= 0.3 is 0 Å². The molecule has 0 bridgehead atoms. The first-order valence-electron chi connectivity index (χ1n) is 7.60. The molecule has 2 atom stereocenters. The number of rotatable bonds is 4. The maximum atomic E-state index is 10.3. The van der Waals surface area contributed by atoms with Crippen molar-refractivity contribution in [2.24, 2.45) is 5.92 Å². The Bertz CT molecular complexity index is 392. The van der Waals surface area contributed by atoms with Crippen molar-refractivity contribution in [3.05, 3.63) is 35.4 Å². The van der Waals surface area contributed by atoms with Gasteiger partial charge in [0.05, 0.1) is 6.10 Å². The average molecular weight is 244 g/mol. The molecule has 2 unspecified atom stereocenters. The molecule has 1 heteroatoms. The second kappa shape index (κ2) is 5.44. The van der Waals surface area contributed by atoms with Crippen LogP contribution in [0, 0.1) is 5.92 Å². The van der Waals surface area contributed by atoms with E-state index in [1.54, 1.807) is 0 Å². The summed E-state index contributed by atoms with van der Waals surface area (Å²) in [4.78, 5) is 0. The SMILES string of the molecule is OC(CCC1CCCCC1)C1Cc2ccccc21. The van der Waals surface area contributed by atoms with Crippen LogP contribution in [0.15, 0.2) is 24.3 Å². The number of benzene rings is 1. The molecule has 0 amide bonds. The summed E-state index contributed by atoms with van der Waals surface area (Å²) in [6.45, 7) is 0. The van der Waals surface area contributed by atoms with E-state index >= 15 is 0 Å². The van der Waals surface area contributed by atoms with Gasteiger partial charge in [-0.05, 0) is 36.3 Å². The second-order valence-electron chi connectivity index (χ2n) is 6.16. The molecule has 1 N–H and O–H groups in total. The van der Waals surface area contributed by atoms with Crippen LogP contribution in [0.3, 0.4) is 0 Å². The largest absolute Gasteiger partial charge is 0.392 e. The number of aliphatic hydroxyl groups is 1. The summed E-state index contributed by atoms with van der Waals surface area (Å²) < 4.78 is 0. The van der Waals surface area contributed by atoms with Gasteiger partial charge in [0.1, 0.15) is 0 Å². The highest BCUT2D eigenvalue weighted by atomic mass is 16.3. The molecule has 0 spiro atoms. The van der Waals surface area contributed by atoms with Gasteiger partial charge in [0, 0.05) is 5.92 Å². The Balaban J connectivity index is 1.49. The summed E-state index contributed by atoms with van der Waals surface area (Å²) in [6, 6.07) is 8.58. The molecule has 0 aromatic heterocycles. The van der Waals surface area contributed by atoms with Crippen molar-refractivity contribution < 1.29 is 5.11 Å². The van der Waals surface area contributed by atoms with Gasteiger partial charge in [-0.2, -0.15) is 0 Å². The van der Waals surface area contributed by atoms with Crippen LogP contribution < -0.4 is 0 Å². The van der Waals surface area contributed by atoms with Crippen molar-refractivity contribution >= 4 is 0 Å². The summed E-state index contributed by atoms with van der Waals surface area (Å²) >= 11 is 0. The normalized spacial score (nSPS) is 25.3. The van der Waals surface area contributed by atoms with Crippen LogP contribution in [0.1, 0.15) is 62.0 Å². The zero-order valence-electron chi connectivity index (χ0n) is 11.1. The Kier molecular flexibility index (Phi) is 3.69. The van der Waals surface area contributed by atoms with Crippen LogP contribution in [0.5, 0.6) is 0 Å². The van der Waals surface area contributed by atoms with E-state index < -0.39 is 0 Å². The van der Waals surface area contributed by atoms with Gasteiger partial charge in [0.15, 0.2) is 0 Å². The van der Waals surface area contributed by atoms with Gasteiger partial charge in [0.2, 0.25) is 0 Å². The van der Waals surface area contributed by atoms with Crippen LogP contribution in [-0.4, -0.2) is 11.2 Å². The van der Waals surface area contributed by atoms with E-state index in [4.69, 9.17) is 0 Å². The van der Waals surface area contributed by atoms with Crippen molar-refractivity contribution in [3.8, 4) is 0 Å². The molecule has 1 aromatic carbocycles. The number of aliphatic hydroxyl groups excluding tert-OH is 1. The summed E-state index contributed by atoms with van der Waals surface area (Å²) in [7, 11) is 0. The highest BCUT2D eigenvalue weighted by Crippen LogP contribution is 2.39. The fraction of sp³-hybridized carbons (Fsp3) is 0.647. The quantitative estimate of drug-likeness (QED) is 0.847. The van der Waals surface area contributed by atoms with Crippen LogP contribution in [0.2, 0.25) is 0 Å². The summed E-state index contributed by atoms with van der Waals surface area (Å²) in [5, 5.41) is 10.3. The predicted octanol–water partition coefficient (Wildman–Crippen LogP) is 4.05. The van der Waals surface area contributed by atoms with Gasteiger partial charge in [-0.3, -0.25) is 0 Å². The second-order valence-corrected chi connectivity index (χ2v) is 6.16. The van der Waals surface area contributed by atoms with Crippen molar-refractivity contribution in [2.45, 2.75) is 63.4 Å². The zero-order valence-corrected chi connectivity index (χ0v) is 11.1. The minimum atomic E-state index is -0.109. The fourth-order valence-corrected chi connectivity index (χ4v) is 3.72. The molecule has 2 aliphatic carbocycles. The van der Waals surface area contributed by atoms with E-state index in [0.29, 0.717) is 5.92 Å². The molecule has 0 heterocycles. The average Bonchev–Trinajstić information content (AvgIpc) is 2.39. The Labute approximate surface area is 110 Å². The zero-order chi connectivity index (χ0) is 12.4. The fourth-order valence-electron chi connectivity index (χ4n) is 3.72. The van der Waals surface area contributed by atoms with E-state index in [1.165, 1.54) is 49.7 Å². The first kappa shape index (κ1) is 12.2. The number of fused-ring (bicyclic) bond motifs is 1. The molecular weight excluding hydrogens is 220 g/mol. The summed E-state index contributed by atoms with van der Waals surface area (Å²) in [5.74, 6) is 1.31. The van der Waals surface area contributed by atoms with Gasteiger partial charge in [-0.1, -0.05) is 56.4 Å². The Morgan fingerprint density at radius 2 is 1.89 bits per heavy atom. The monoisotopic (exact) mass is 244 g/mol. The van der Waals surface area contributed by atoms with Gasteiger partial charge in [-0.15, -0.1) is 0 Å². The smallest absolute Gasteiger partial charge is 0.0612 e. The van der Waals surface area contributed by atoms with E-state index in [2.05, 4.69) is 24.3 Å². The topological polar surface area (TPSA) is 20.2 Å². The Morgan fingerprint density at radius 1 is 1.11 bits per heavy atom. The van der Waals surface area contributed by atoms with Crippen molar-refractivity contribution in [3.63, 3.8) is 0 Å². The maximum absolute atomic E-state index is 10.3.